The smallest absolute Gasteiger partial charge is 0.0955 e. The monoisotopic (exact) mass is 227 g/mol. The van der Waals surface area contributed by atoms with Gasteiger partial charge in [0.25, 0.3) is 0 Å². The number of thiophene rings is 1. The van der Waals surface area contributed by atoms with E-state index in [0.717, 1.165) is 6.61 Å². The first kappa shape index (κ1) is 12.7. The van der Waals surface area contributed by atoms with E-state index in [4.69, 9.17) is 10.5 Å². The highest BCUT2D eigenvalue weighted by atomic mass is 32.1. The molecule has 2 N–H and O–H groups in total. The van der Waals surface area contributed by atoms with Crippen LogP contribution in [0.15, 0.2) is 16.8 Å². The molecule has 0 amide bonds. The van der Waals surface area contributed by atoms with E-state index in [9.17, 15) is 0 Å². The van der Waals surface area contributed by atoms with Gasteiger partial charge < -0.3 is 10.5 Å². The molecule has 0 fully saturated rings. The molecule has 0 aromatic carbocycles. The standard InChI is InChI=1S/C12H21NOS/c1-3-4-10(2)8-14-12(7-13)11-5-6-15-9-11/h5-6,9-10,12H,3-4,7-8,13H2,1-2H3. The second kappa shape index (κ2) is 6.99. The van der Waals surface area contributed by atoms with Gasteiger partial charge in [-0.05, 0) is 34.7 Å². The van der Waals surface area contributed by atoms with E-state index in [-0.39, 0.29) is 6.10 Å². The minimum atomic E-state index is 0.0792. The zero-order chi connectivity index (χ0) is 11.1. The molecule has 15 heavy (non-hydrogen) atoms. The average Bonchev–Trinajstić information content (AvgIpc) is 2.72. The highest BCUT2D eigenvalue weighted by Gasteiger charge is 2.11. The van der Waals surface area contributed by atoms with Crippen molar-refractivity contribution in [2.75, 3.05) is 13.2 Å². The lowest BCUT2D eigenvalue weighted by atomic mass is 10.1. The molecule has 86 valence electrons. The number of nitrogens with two attached hydrogens (primary N) is 1. The van der Waals surface area contributed by atoms with Crippen molar-refractivity contribution in [2.45, 2.75) is 32.8 Å². The first-order valence-corrected chi connectivity index (χ1v) is 6.56. The Bertz CT molecular complexity index is 248. The fourth-order valence-corrected chi connectivity index (χ4v) is 2.32. The Morgan fingerprint density at radius 3 is 2.87 bits per heavy atom. The van der Waals surface area contributed by atoms with Crippen LogP contribution >= 0.6 is 11.3 Å². The van der Waals surface area contributed by atoms with Crippen LogP contribution in [0.3, 0.4) is 0 Å². The average molecular weight is 227 g/mol. The minimum Gasteiger partial charge on any atom is -0.372 e. The quantitative estimate of drug-likeness (QED) is 0.776. The maximum atomic E-state index is 5.83. The summed E-state index contributed by atoms with van der Waals surface area (Å²) in [7, 11) is 0. The summed E-state index contributed by atoms with van der Waals surface area (Å²) < 4.78 is 5.83. The maximum absolute atomic E-state index is 5.83. The van der Waals surface area contributed by atoms with E-state index in [2.05, 4.69) is 30.7 Å². The molecule has 1 aromatic heterocycles. The lowest BCUT2D eigenvalue weighted by Gasteiger charge is -2.18. The first-order valence-electron chi connectivity index (χ1n) is 5.61. The number of hydrogen-bond acceptors (Lipinski definition) is 3. The summed E-state index contributed by atoms with van der Waals surface area (Å²) in [6.45, 7) is 5.81. The Kier molecular flexibility index (Phi) is 5.91. The molecule has 0 radical (unpaired) electrons. The SMILES string of the molecule is CCCC(C)COC(CN)c1ccsc1. The van der Waals surface area contributed by atoms with E-state index in [0.29, 0.717) is 12.5 Å². The summed E-state index contributed by atoms with van der Waals surface area (Å²) in [5.41, 5.74) is 6.92. The molecular weight excluding hydrogens is 206 g/mol. The minimum absolute atomic E-state index is 0.0792. The molecule has 0 aliphatic carbocycles. The topological polar surface area (TPSA) is 35.2 Å². The van der Waals surface area contributed by atoms with Gasteiger partial charge >= 0.3 is 0 Å². The third-order valence-electron chi connectivity index (χ3n) is 2.49. The largest absolute Gasteiger partial charge is 0.372 e. The fourth-order valence-electron chi connectivity index (χ4n) is 1.62. The molecule has 3 heteroatoms. The van der Waals surface area contributed by atoms with Gasteiger partial charge in [0.2, 0.25) is 0 Å². The summed E-state index contributed by atoms with van der Waals surface area (Å²) in [4.78, 5) is 0. The fraction of sp³-hybridized carbons (Fsp3) is 0.667. The van der Waals surface area contributed by atoms with E-state index < -0.39 is 0 Å². The van der Waals surface area contributed by atoms with E-state index >= 15 is 0 Å². The van der Waals surface area contributed by atoms with E-state index in [1.165, 1.54) is 18.4 Å². The highest BCUT2D eigenvalue weighted by Crippen LogP contribution is 2.20. The van der Waals surface area contributed by atoms with Crippen molar-refractivity contribution in [3.05, 3.63) is 22.4 Å². The van der Waals surface area contributed by atoms with Crippen molar-refractivity contribution in [1.29, 1.82) is 0 Å². The lowest BCUT2D eigenvalue weighted by molar-refractivity contribution is 0.0354. The third-order valence-corrected chi connectivity index (χ3v) is 3.19. The molecular formula is C12H21NOS. The van der Waals surface area contributed by atoms with Crippen LogP contribution in [-0.2, 0) is 4.74 Å². The summed E-state index contributed by atoms with van der Waals surface area (Å²) in [5, 5.41) is 4.18. The molecule has 1 rings (SSSR count). The summed E-state index contributed by atoms with van der Waals surface area (Å²) >= 11 is 1.69. The molecule has 1 aromatic rings. The molecule has 0 aliphatic heterocycles. The van der Waals surface area contributed by atoms with Gasteiger partial charge in [-0.25, -0.2) is 0 Å². The number of ether oxygens (including phenoxy) is 1. The van der Waals surface area contributed by atoms with E-state index in [1.807, 2.05) is 0 Å². The normalized spacial score (nSPS) is 15.1. The van der Waals surface area contributed by atoms with Gasteiger partial charge in [0.15, 0.2) is 0 Å². The van der Waals surface area contributed by atoms with Crippen LogP contribution in [0, 0.1) is 5.92 Å². The number of rotatable bonds is 7. The lowest BCUT2D eigenvalue weighted by Crippen LogP contribution is -2.18. The molecule has 0 saturated carbocycles. The molecule has 2 nitrogen and oxygen atoms in total. The molecule has 0 aliphatic rings. The Morgan fingerprint density at radius 2 is 2.33 bits per heavy atom. The number of hydrogen-bond donors (Lipinski definition) is 1. The Hall–Kier alpha value is -0.380. The predicted molar refractivity (Wildman–Crippen MR) is 66.1 cm³/mol. The van der Waals surface area contributed by atoms with Crippen LogP contribution < -0.4 is 5.73 Å². The van der Waals surface area contributed by atoms with Crippen molar-refractivity contribution in [1.82, 2.24) is 0 Å². The van der Waals surface area contributed by atoms with Crippen molar-refractivity contribution in [3.8, 4) is 0 Å². The van der Waals surface area contributed by atoms with Gasteiger partial charge in [-0.15, -0.1) is 0 Å². The van der Waals surface area contributed by atoms with Gasteiger partial charge in [0.05, 0.1) is 12.7 Å². The van der Waals surface area contributed by atoms with Crippen LogP contribution in [0.5, 0.6) is 0 Å². The zero-order valence-electron chi connectivity index (χ0n) is 9.61. The molecule has 0 saturated heterocycles. The summed E-state index contributed by atoms with van der Waals surface area (Å²) in [6, 6.07) is 2.09. The summed E-state index contributed by atoms with van der Waals surface area (Å²) in [5.74, 6) is 0.627. The third kappa shape index (κ3) is 4.33. The summed E-state index contributed by atoms with van der Waals surface area (Å²) in [6.07, 6.45) is 2.52. The molecule has 1 heterocycles. The zero-order valence-corrected chi connectivity index (χ0v) is 10.4. The van der Waals surface area contributed by atoms with Crippen molar-refractivity contribution in [2.24, 2.45) is 11.7 Å². The van der Waals surface area contributed by atoms with Crippen molar-refractivity contribution < 1.29 is 4.74 Å². The van der Waals surface area contributed by atoms with Gasteiger partial charge in [-0.3, -0.25) is 0 Å². The van der Waals surface area contributed by atoms with E-state index in [1.54, 1.807) is 11.3 Å². The first-order chi connectivity index (χ1) is 7.27. The van der Waals surface area contributed by atoms with Crippen LogP contribution in [0.2, 0.25) is 0 Å². The van der Waals surface area contributed by atoms with Gasteiger partial charge in [0.1, 0.15) is 0 Å². The van der Waals surface area contributed by atoms with Crippen LogP contribution in [0.25, 0.3) is 0 Å². The second-order valence-electron chi connectivity index (χ2n) is 4.01. The van der Waals surface area contributed by atoms with Crippen molar-refractivity contribution >= 4 is 11.3 Å². The highest BCUT2D eigenvalue weighted by molar-refractivity contribution is 7.07. The Labute approximate surface area is 96.4 Å². The second-order valence-corrected chi connectivity index (χ2v) is 4.79. The van der Waals surface area contributed by atoms with Gasteiger partial charge in [-0.1, -0.05) is 20.3 Å². The van der Waals surface area contributed by atoms with Gasteiger partial charge in [-0.2, -0.15) is 11.3 Å². The molecule has 0 bridgehead atoms. The maximum Gasteiger partial charge on any atom is 0.0955 e. The Balaban J connectivity index is 2.35. The van der Waals surface area contributed by atoms with Crippen LogP contribution in [0.4, 0.5) is 0 Å². The molecule has 0 spiro atoms. The molecule has 2 atom stereocenters. The van der Waals surface area contributed by atoms with Crippen molar-refractivity contribution in [3.63, 3.8) is 0 Å². The Morgan fingerprint density at radius 1 is 1.53 bits per heavy atom. The molecule has 2 unspecified atom stereocenters. The predicted octanol–water partition coefficient (Wildman–Crippen LogP) is 3.20. The van der Waals surface area contributed by atoms with Crippen LogP contribution in [0.1, 0.15) is 38.4 Å². The van der Waals surface area contributed by atoms with Gasteiger partial charge in [0, 0.05) is 6.54 Å². The van der Waals surface area contributed by atoms with Crippen LogP contribution in [-0.4, -0.2) is 13.2 Å².